The third-order valence-electron chi connectivity index (χ3n) is 2.46. The van der Waals surface area contributed by atoms with E-state index in [0.29, 0.717) is 0 Å². The minimum absolute atomic E-state index is 0. The average molecular weight is 374 g/mol. The number of nitrogens with zero attached hydrogens (tertiary/aromatic N) is 3. The van der Waals surface area contributed by atoms with Crippen molar-refractivity contribution in [2.24, 2.45) is 0 Å². The topological polar surface area (TPSA) is 39.9 Å². The van der Waals surface area contributed by atoms with Crippen molar-refractivity contribution in [3.05, 3.63) is 36.2 Å². The molecule has 1 radical (unpaired) electrons. The van der Waals surface area contributed by atoms with Crippen molar-refractivity contribution in [3.63, 3.8) is 0 Å². The standard InChI is InChI=1S/C11H8N3.Ir/c1-7-5-8-6-13-14-10(8)11-9(7)3-2-4-12-11;/h2-6H,1H3;/q-1;. The Morgan fingerprint density at radius 3 is 3.07 bits per heavy atom. The maximum absolute atomic E-state index is 4.34. The number of benzene rings is 1. The summed E-state index contributed by atoms with van der Waals surface area (Å²) in [6.45, 7) is 2.08. The fraction of sp³-hybridized carbons (Fsp3) is 0.0909. The molecule has 0 aliphatic rings. The molecular weight excluding hydrogens is 366 g/mol. The van der Waals surface area contributed by atoms with Gasteiger partial charge in [-0.1, -0.05) is 17.6 Å². The summed E-state index contributed by atoms with van der Waals surface area (Å²) in [5.41, 5.74) is 3.06. The monoisotopic (exact) mass is 375 g/mol. The predicted molar refractivity (Wildman–Crippen MR) is 55.1 cm³/mol. The predicted octanol–water partition coefficient (Wildman–Crippen LogP) is 2.05. The van der Waals surface area contributed by atoms with Crippen molar-refractivity contribution in [1.82, 2.24) is 15.2 Å². The van der Waals surface area contributed by atoms with Crippen molar-refractivity contribution in [2.75, 3.05) is 0 Å². The van der Waals surface area contributed by atoms with E-state index in [1.807, 2.05) is 6.07 Å². The fourth-order valence-electron chi connectivity index (χ4n) is 1.78. The first-order valence-corrected chi connectivity index (χ1v) is 4.48. The number of hydrogen-bond donors (Lipinski definition) is 0. The molecule has 0 saturated carbocycles. The molecule has 0 fully saturated rings. The van der Waals surface area contributed by atoms with Gasteiger partial charge in [0.05, 0.1) is 5.52 Å². The van der Waals surface area contributed by atoms with Gasteiger partial charge in [-0.2, -0.15) is 0 Å². The van der Waals surface area contributed by atoms with Crippen LogP contribution in [0.25, 0.3) is 21.8 Å². The molecule has 0 spiro atoms. The van der Waals surface area contributed by atoms with Gasteiger partial charge in [-0.05, 0) is 23.9 Å². The summed E-state index contributed by atoms with van der Waals surface area (Å²) < 4.78 is 0. The van der Waals surface area contributed by atoms with Gasteiger partial charge < -0.3 is 10.2 Å². The molecule has 0 atom stereocenters. The zero-order valence-corrected chi connectivity index (χ0v) is 10.5. The van der Waals surface area contributed by atoms with E-state index in [9.17, 15) is 0 Å². The second kappa shape index (κ2) is 3.72. The van der Waals surface area contributed by atoms with Crippen LogP contribution in [0.1, 0.15) is 5.56 Å². The quantitative estimate of drug-likeness (QED) is 0.605. The van der Waals surface area contributed by atoms with E-state index >= 15 is 0 Å². The van der Waals surface area contributed by atoms with E-state index < -0.39 is 0 Å². The van der Waals surface area contributed by atoms with Gasteiger partial charge in [0, 0.05) is 37.9 Å². The van der Waals surface area contributed by atoms with Gasteiger partial charge in [0.25, 0.3) is 0 Å². The Hall–Kier alpha value is -1.25. The number of aryl methyl sites for hydroxylation is 1. The van der Waals surface area contributed by atoms with Crippen LogP contribution in [0.4, 0.5) is 0 Å². The molecule has 3 aromatic rings. The number of hydrogen-bond acceptors (Lipinski definition) is 2. The third kappa shape index (κ3) is 1.46. The Balaban J connectivity index is 0.000000853. The molecule has 3 rings (SSSR count). The third-order valence-corrected chi connectivity index (χ3v) is 2.46. The molecule has 2 heterocycles. The maximum atomic E-state index is 4.34. The van der Waals surface area contributed by atoms with Gasteiger partial charge >= 0.3 is 0 Å². The Morgan fingerprint density at radius 2 is 2.20 bits per heavy atom. The van der Waals surface area contributed by atoms with Crippen LogP contribution in [0.2, 0.25) is 0 Å². The average Bonchev–Trinajstić information content (AvgIpc) is 2.66. The van der Waals surface area contributed by atoms with E-state index in [-0.39, 0.29) is 20.1 Å². The Kier molecular flexibility index (Phi) is 2.55. The van der Waals surface area contributed by atoms with Crippen molar-refractivity contribution in [1.29, 1.82) is 0 Å². The van der Waals surface area contributed by atoms with Crippen LogP contribution >= 0.6 is 0 Å². The molecule has 0 N–H and O–H groups in total. The van der Waals surface area contributed by atoms with E-state index in [1.165, 1.54) is 5.56 Å². The number of pyridine rings is 1. The van der Waals surface area contributed by atoms with Gasteiger partial charge in [-0.15, -0.1) is 0 Å². The minimum atomic E-state index is 0. The van der Waals surface area contributed by atoms with Gasteiger partial charge in [-0.3, -0.25) is 4.98 Å². The zero-order valence-electron chi connectivity index (χ0n) is 8.06. The number of fused-ring (bicyclic) bond motifs is 3. The van der Waals surface area contributed by atoms with E-state index in [4.69, 9.17) is 0 Å². The summed E-state index contributed by atoms with van der Waals surface area (Å²) in [6.07, 6.45) is 3.56. The van der Waals surface area contributed by atoms with Crippen LogP contribution in [-0.2, 0) is 20.1 Å². The first kappa shape index (κ1) is 10.3. The smallest absolute Gasteiger partial charge is 0.0574 e. The maximum Gasteiger partial charge on any atom is 0.0574 e. The van der Waals surface area contributed by atoms with Crippen LogP contribution < -0.4 is 5.10 Å². The second-order valence-corrected chi connectivity index (χ2v) is 3.38. The summed E-state index contributed by atoms with van der Waals surface area (Å²) in [5.74, 6) is 0. The molecule has 77 valence electrons. The minimum Gasteiger partial charge on any atom is -0.573 e. The Bertz CT molecular complexity index is 615. The Morgan fingerprint density at radius 1 is 1.33 bits per heavy atom. The molecular formula is C11H8IrN3-. The molecule has 0 aliphatic carbocycles. The molecule has 2 aromatic heterocycles. The second-order valence-electron chi connectivity index (χ2n) is 3.38. The van der Waals surface area contributed by atoms with Crippen LogP contribution in [0.15, 0.2) is 30.6 Å². The van der Waals surface area contributed by atoms with Crippen molar-refractivity contribution >= 4 is 21.8 Å². The normalized spacial score (nSPS) is 10.5. The molecule has 0 unspecified atom stereocenters. The van der Waals surface area contributed by atoms with Crippen LogP contribution in [-0.4, -0.2) is 10.1 Å². The van der Waals surface area contributed by atoms with E-state index in [2.05, 4.69) is 34.2 Å². The van der Waals surface area contributed by atoms with Gasteiger partial charge in [0.2, 0.25) is 0 Å². The summed E-state index contributed by atoms with van der Waals surface area (Å²) in [6, 6.07) is 6.10. The molecule has 15 heavy (non-hydrogen) atoms. The molecule has 4 heteroatoms. The van der Waals surface area contributed by atoms with E-state index in [1.54, 1.807) is 12.4 Å². The van der Waals surface area contributed by atoms with Crippen molar-refractivity contribution in [2.45, 2.75) is 6.92 Å². The van der Waals surface area contributed by atoms with Crippen molar-refractivity contribution in [3.8, 4) is 0 Å². The van der Waals surface area contributed by atoms with Crippen LogP contribution in [0.3, 0.4) is 0 Å². The first-order valence-electron chi connectivity index (χ1n) is 4.48. The van der Waals surface area contributed by atoms with Gasteiger partial charge in [-0.25, -0.2) is 0 Å². The molecule has 0 aliphatic heterocycles. The fourth-order valence-corrected chi connectivity index (χ4v) is 1.78. The van der Waals surface area contributed by atoms with E-state index in [0.717, 1.165) is 21.8 Å². The SMILES string of the molecule is Cc1cc2cn[n-]c2c2ncccc12.[Ir]. The van der Waals surface area contributed by atoms with Gasteiger partial charge in [0.15, 0.2) is 0 Å². The summed E-state index contributed by atoms with van der Waals surface area (Å²) in [4.78, 5) is 4.34. The number of aromatic nitrogens is 3. The molecule has 0 amide bonds. The largest absolute Gasteiger partial charge is 0.573 e. The van der Waals surface area contributed by atoms with Crippen LogP contribution in [0.5, 0.6) is 0 Å². The molecule has 0 saturated heterocycles. The summed E-state index contributed by atoms with van der Waals surface area (Å²) in [5, 5.41) is 10.2. The van der Waals surface area contributed by atoms with Crippen molar-refractivity contribution < 1.29 is 20.1 Å². The molecule has 0 bridgehead atoms. The summed E-state index contributed by atoms with van der Waals surface area (Å²) in [7, 11) is 0. The first-order chi connectivity index (χ1) is 6.86. The summed E-state index contributed by atoms with van der Waals surface area (Å²) >= 11 is 0. The van der Waals surface area contributed by atoms with Gasteiger partial charge in [0.1, 0.15) is 0 Å². The number of rotatable bonds is 0. The van der Waals surface area contributed by atoms with Crippen LogP contribution in [0, 0.1) is 6.92 Å². The molecule has 3 nitrogen and oxygen atoms in total. The zero-order chi connectivity index (χ0) is 9.54. The Labute approximate surface area is 100 Å². The molecule has 1 aromatic carbocycles.